The standard InChI is InChI=1S/C13H20N4O3S/c1-8(2)6-10-15-16-12(21-10)14-13(20)17-5-3-4-9(17)7-11(18)19/h8-9H,3-7H2,1-2H3,(H,18,19)(H,14,16,20). The van der Waals surface area contributed by atoms with Crippen molar-refractivity contribution in [2.24, 2.45) is 5.92 Å². The van der Waals surface area contributed by atoms with Crippen molar-refractivity contribution in [1.82, 2.24) is 15.1 Å². The minimum atomic E-state index is -0.880. The zero-order valence-corrected chi connectivity index (χ0v) is 13.0. The number of hydrogen-bond acceptors (Lipinski definition) is 5. The van der Waals surface area contributed by atoms with Gasteiger partial charge < -0.3 is 10.0 Å². The third-order valence-electron chi connectivity index (χ3n) is 3.31. The number of rotatable bonds is 5. The summed E-state index contributed by atoms with van der Waals surface area (Å²) in [7, 11) is 0. The summed E-state index contributed by atoms with van der Waals surface area (Å²) in [6.07, 6.45) is 2.38. The van der Waals surface area contributed by atoms with E-state index in [4.69, 9.17) is 5.11 Å². The Morgan fingerprint density at radius 2 is 2.24 bits per heavy atom. The Kier molecular flexibility index (Phi) is 5.11. The Balaban J connectivity index is 1.94. The molecule has 2 rings (SSSR count). The molecule has 7 nitrogen and oxygen atoms in total. The number of nitrogens with zero attached hydrogens (tertiary/aromatic N) is 3. The van der Waals surface area contributed by atoms with E-state index in [1.165, 1.54) is 11.3 Å². The number of amides is 2. The predicted octanol–water partition coefficient (Wildman–Crippen LogP) is 2.21. The Hall–Kier alpha value is -1.70. The molecule has 116 valence electrons. The number of carbonyl (C=O) groups excluding carboxylic acids is 1. The van der Waals surface area contributed by atoms with Gasteiger partial charge in [-0.25, -0.2) is 4.79 Å². The quantitative estimate of drug-likeness (QED) is 0.869. The number of aliphatic carboxylic acids is 1. The average molecular weight is 312 g/mol. The van der Waals surface area contributed by atoms with Crippen LogP contribution in [0.4, 0.5) is 9.93 Å². The monoisotopic (exact) mass is 312 g/mol. The molecule has 1 aromatic rings. The molecular formula is C13H20N4O3S. The summed E-state index contributed by atoms with van der Waals surface area (Å²) < 4.78 is 0. The molecular weight excluding hydrogens is 292 g/mol. The fraction of sp³-hybridized carbons (Fsp3) is 0.692. The second kappa shape index (κ2) is 6.84. The van der Waals surface area contributed by atoms with Crippen LogP contribution in [-0.4, -0.2) is 44.8 Å². The summed E-state index contributed by atoms with van der Waals surface area (Å²) in [4.78, 5) is 24.6. The first-order valence-corrected chi connectivity index (χ1v) is 7.89. The molecule has 1 aromatic heterocycles. The van der Waals surface area contributed by atoms with E-state index in [-0.39, 0.29) is 18.5 Å². The lowest BCUT2D eigenvalue weighted by atomic mass is 10.1. The van der Waals surface area contributed by atoms with Gasteiger partial charge in [-0.3, -0.25) is 10.1 Å². The summed E-state index contributed by atoms with van der Waals surface area (Å²) in [6, 6.07) is -0.517. The van der Waals surface area contributed by atoms with Gasteiger partial charge in [-0.1, -0.05) is 25.2 Å². The van der Waals surface area contributed by atoms with Crippen molar-refractivity contribution in [2.45, 2.75) is 45.6 Å². The van der Waals surface area contributed by atoms with Gasteiger partial charge in [0.25, 0.3) is 0 Å². The molecule has 21 heavy (non-hydrogen) atoms. The van der Waals surface area contributed by atoms with E-state index in [9.17, 15) is 9.59 Å². The van der Waals surface area contributed by atoms with Crippen molar-refractivity contribution in [3.63, 3.8) is 0 Å². The highest BCUT2D eigenvalue weighted by Gasteiger charge is 2.30. The third-order valence-corrected chi connectivity index (χ3v) is 4.17. The van der Waals surface area contributed by atoms with Crippen LogP contribution in [0.25, 0.3) is 0 Å². The maximum Gasteiger partial charge on any atom is 0.323 e. The number of anilines is 1. The molecule has 2 amide bonds. The van der Waals surface area contributed by atoms with Crippen molar-refractivity contribution in [3.8, 4) is 0 Å². The van der Waals surface area contributed by atoms with Gasteiger partial charge in [0.15, 0.2) is 0 Å². The summed E-state index contributed by atoms with van der Waals surface area (Å²) in [5, 5.41) is 21.0. The fourth-order valence-electron chi connectivity index (χ4n) is 2.42. The van der Waals surface area contributed by atoms with E-state index in [2.05, 4.69) is 29.4 Å². The van der Waals surface area contributed by atoms with E-state index >= 15 is 0 Å². The first-order valence-electron chi connectivity index (χ1n) is 7.07. The van der Waals surface area contributed by atoms with Gasteiger partial charge in [-0.2, -0.15) is 0 Å². The van der Waals surface area contributed by atoms with Crippen molar-refractivity contribution >= 4 is 28.5 Å². The molecule has 0 radical (unpaired) electrons. The fourth-order valence-corrected chi connectivity index (χ4v) is 3.36. The maximum atomic E-state index is 12.2. The highest BCUT2D eigenvalue weighted by Crippen LogP contribution is 2.23. The topological polar surface area (TPSA) is 95.4 Å². The Bertz CT molecular complexity index is 517. The number of aromatic nitrogens is 2. The predicted molar refractivity (Wildman–Crippen MR) is 79.5 cm³/mol. The zero-order valence-electron chi connectivity index (χ0n) is 12.2. The van der Waals surface area contributed by atoms with Crippen LogP contribution in [0, 0.1) is 5.92 Å². The van der Waals surface area contributed by atoms with Crippen LogP contribution in [0.2, 0.25) is 0 Å². The van der Waals surface area contributed by atoms with Gasteiger partial charge >= 0.3 is 12.0 Å². The van der Waals surface area contributed by atoms with Crippen LogP contribution in [0.15, 0.2) is 0 Å². The van der Waals surface area contributed by atoms with Crippen molar-refractivity contribution in [1.29, 1.82) is 0 Å². The Morgan fingerprint density at radius 3 is 2.90 bits per heavy atom. The summed E-state index contributed by atoms with van der Waals surface area (Å²) in [5.41, 5.74) is 0. The van der Waals surface area contributed by atoms with Crippen molar-refractivity contribution in [2.75, 3.05) is 11.9 Å². The third kappa shape index (κ3) is 4.38. The van der Waals surface area contributed by atoms with Gasteiger partial charge in [-0.15, -0.1) is 10.2 Å². The lowest BCUT2D eigenvalue weighted by molar-refractivity contribution is -0.137. The van der Waals surface area contributed by atoms with Crippen molar-refractivity contribution < 1.29 is 14.7 Å². The number of carbonyl (C=O) groups is 2. The summed E-state index contributed by atoms with van der Waals surface area (Å²) in [6.45, 7) is 4.78. The molecule has 1 saturated heterocycles. The molecule has 1 aliphatic heterocycles. The normalized spacial score (nSPS) is 18.2. The van der Waals surface area contributed by atoms with Crippen LogP contribution in [0.3, 0.4) is 0 Å². The molecule has 1 unspecified atom stereocenters. The molecule has 0 saturated carbocycles. The largest absolute Gasteiger partial charge is 0.481 e. The maximum absolute atomic E-state index is 12.2. The molecule has 2 heterocycles. The second-order valence-electron chi connectivity index (χ2n) is 5.62. The van der Waals surface area contributed by atoms with Crippen molar-refractivity contribution in [3.05, 3.63) is 5.01 Å². The van der Waals surface area contributed by atoms with E-state index in [1.807, 2.05) is 0 Å². The molecule has 0 aliphatic carbocycles. The minimum Gasteiger partial charge on any atom is -0.481 e. The van der Waals surface area contributed by atoms with E-state index in [0.29, 0.717) is 17.6 Å². The molecule has 0 aromatic carbocycles. The van der Waals surface area contributed by atoms with Gasteiger partial charge in [-0.05, 0) is 18.8 Å². The first kappa shape index (κ1) is 15.7. The number of urea groups is 1. The highest BCUT2D eigenvalue weighted by atomic mass is 32.1. The number of carboxylic acid groups (broad SMARTS) is 1. The zero-order chi connectivity index (χ0) is 15.4. The number of carboxylic acids is 1. The molecule has 0 bridgehead atoms. The molecule has 1 fully saturated rings. The Labute approximate surface area is 127 Å². The highest BCUT2D eigenvalue weighted by molar-refractivity contribution is 7.15. The van der Waals surface area contributed by atoms with Crippen LogP contribution in [-0.2, 0) is 11.2 Å². The average Bonchev–Trinajstić information content (AvgIpc) is 2.97. The van der Waals surface area contributed by atoms with E-state index < -0.39 is 5.97 Å². The smallest absolute Gasteiger partial charge is 0.323 e. The number of likely N-dealkylation sites (tertiary alicyclic amines) is 1. The lowest BCUT2D eigenvalue weighted by Gasteiger charge is -2.22. The summed E-state index contributed by atoms with van der Waals surface area (Å²) >= 11 is 1.37. The van der Waals surface area contributed by atoms with Crippen LogP contribution in [0.5, 0.6) is 0 Å². The summed E-state index contributed by atoms with van der Waals surface area (Å²) in [5.74, 6) is -0.394. The Morgan fingerprint density at radius 1 is 1.48 bits per heavy atom. The van der Waals surface area contributed by atoms with Crippen LogP contribution < -0.4 is 5.32 Å². The number of hydrogen-bond donors (Lipinski definition) is 2. The first-order chi connectivity index (χ1) is 9.95. The molecule has 1 atom stereocenters. The molecule has 8 heteroatoms. The second-order valence-corrected chi connectivity index (χ2v) is 6.68. The minimum absolute atomic E-state index is 0.0118. The van der Waals surface area contributed by atoms with Crippen LogP contribution in [0.1, 0.15) is 38.1 Å². The van der Waals surface area contributed by atoms with E-state index in [1.54, 1.807) is 4.90 Å². The number of nitrogens with one attached hydrogen (secondary N) is 1. The van der Waals surface area contributed by atoms with Gasteiger partial charge in [0.05, 0.1) is 6.42 Å². The molecule has 1 aliphatic rings. The SMILES string of the molecule is CC(C)Cc1nnc(NC(=O)N2CCCC2CC(=O)O)s1. The molecule has 2 N–H and O–H groups in total. The van der Waals surface area contributed by atoms with Gasteiger partial charge in [0, 0.05) is 19.0 Å². The van der Waals surface area contributed by atoms with Crippen LogP contribution >= 0.6 is 11.3 Å². The van der Waals surface area contributed by atoms with Gasteiger partial charge in [0.2, 0.25) is 5.13 Å². The van der Waals surface area contributed by atoms with E-state index in [0.717, 1.165) is 24.3 Å². The van der Waals surface area contributed by atoms with Gasteiger partial charge in [0.1, 0.15) is 5.01 Å². The molecule has 0 spiro atoms. The lowest BCUT2D eigenvalue weighted by Crippen LogP contribution is -2.39.